The van der Waals surface area contributed by atoms with Crippen molar-refractivity contribution in [2.45, 2.75) is 62.3 Å². The van der Waals surface area contributed by atoms with Crippen LogP contribution in [-0.2, 0) is 0 Å². The maximum absolute atomic E-state index is 4.15. The Morgan fingerprint density at radius 1 is 0.765 bits per heavy atom. The lowest BCUT2D eigenvalue weighted by molar-refractivity contribution is 0.244. The van der Waals surface area contributed by atoms with Crippen molar-refractivity contribution < 1.29 is 0 Å². The first-order valence-electron chi connectivity index (χ1n) is 6.70. The molecule has 0 radical (unpaired) electrons. The van der Waals surface area contributed by atoms with Crippen LogP contribution in [0.4, 0.5) is 0 Å². The minimum absolute atomic E-state index is 0.128. The van der Waals surface area contributed by atoms with E-state index in [-0.39, 0.29) is 21.7 Å². The molecule has 0 saturated heterocycles. The predicted octanol–water partition coefficient (Wildman–Crippen LogP) is 5.61. The molecule has 0 spiro atoms. The summed E-state index contributed by atoms with van der Waals surface area (Å²) in [4.78, 5) is 0. The first kappa shape index (κ1) is 14.5. The van der Waals surface area contributed by atoms with Crippen LogP contribution >= 0.6 is 0 Å². The quantitative estimate of drug-likeness (QED) is 0.517. The van der Waals surface area contributed by atoms with Crippen LogP contribution in [0.2, 0.25) is 0 Å². The van der Waals surface area contributed by atoms with Gasteiger partial charge < -0.3 is 0 Å². The van der Waals surface area contributed by atoms with Gasteiger partial charge in [-0.15, -0.1) is 6.58 Å². The molecular formula is C17H30. The molecule has 0 aromatic carbocycles. The van der Waals surface area contributed by atoms with E-state index in [9.17, 15) is 0 Å². The second kappa shape index (κ2) is 3.49. The van der Waals surface area contributed by atoms with Gasteiger partial charge in [-0.25, -0.2) is 0 Å². The largest absolute Gasteiger partial charge is 0.102 e. The average Bonchev–Trinajstić information content (AvgIpc) is 2.69. The molecule has 0 heterocycles. The third kappa shape index (κ3) is 2.00. The van der Waals surface area contributed by atoms with Crippen molar-refractivity contribution >= 4 is 0 Å². The molecular weight excluding hydrogens is 204 g/mol. The zero-order valence-corrected chi connectivity index (χ0v) is 13.3. The predicted molar refractivity (Wildman–Crippen MR) is 78.0 cm³/mol. The molecule has 0 aromatic heterocycles. The fraction of sp³-hybridized carbons (Fsp3) is 0.765. The van der Waals surface area contributed by atoms with Gasteiger partial charge in [0.15, 0.2) is 0 Å². The SMILES string of the molecule is C=CC1(C(C)(C)C)C(C(C)(C)C)=C1C(C)(C)C. The van der Waals surface area contributed by atoms with E-state index in [0.717, 1.165) is 0 Å². The summed E-state index contributed by atoms with van der Waals surface area (Å²) in [6, 6.07) is 0. The molecule has 0 nitrogen and oxygen atoms in total. The second-order valence-electron chi connectivity index (χ2n) is 8.51. The molecule has 0 saturated carbocycles. The Hall–Kier alpha value is -0.520. The van der Waals surface area contributed by atoms with E-state index in [4.69, 9.17) is 0 Å². The molecule has 0 unspecified atom stereocenters. The second-order valence-corrected chi connectivity index (χ2v) is 8.51. The van der Waals surface area contributed by atoms with Gasteiger partial charge in [-0.3, -0.25) is 0 Å². The van der Waals surface area contributed by atoms with Crippen LogP contribution in [0.1, 0.15) is 62.3 Å². The van der Waals surface area contributed by atoms with Gasteiger partial charge in [0, 0.05) is 5.41 Å². The van der Waals surface area contributed by atoms with E-state index in [1.165, 1.54) is 0 Å². The highest BCUT2D eigenvalue weighted by atomic mass is 14.7. The van der Waals surface area contributed by atoms with Gasteiger partial charge in [0.25, 0.3) is 0 Å². The molecule has 1 rings (SSSR count). The number of hydrogen-bond donors (Lipinski definition) is 0. The minimum Gasteiger partial charge on any atom is -0.102 e. The van der Waals surface area contributed by atoms with Crippen molar-refractivity contribution in [3.05, 3.63) is 23.8 Å². The maximum atomic E-state index is 4.15. The van der Waals surface area contributed by atoms with Gasteiger partial charge in [-0.1, -0.05) is 68.4 Å². The van der Waals surface area contributed by atoms with E-state index < -0.39 is 0 Å². The van der Waals surface area contributed by atoms with Crippen LogP contribution < -0.4 is 0 Å². The molecule has 0 amide bonds. The third-order valence-corrected chi connectivity index (χ3v) is 3.97. The van der Waals surface area contributed by atoms with Crippen LogP contribution in [-0.4, -0.2) is 0 Å². The fourth-order valence-electron chi connectivity index (χ4n) is 3.49. The lowest BCUT2D eigenvalue weighted by atomic mass is 9.66. The summed E-state index contributed by atoms with van der Waals surface area (Å²) in [5, 5.41) is 0. The third-order valence-electron chi connectivity index (χ3n) is 3.97. The van der Waals surface area contributed by atoms with E-state index in [2.05, 4.69) is 75.0 Å². The molecule has 0 aromatic rings. The molecule has 17 heavy (non-hydrogen) atoms. The van der Waals surface area contributed by atoms with Crippen LogP contribution in [0, 0.1) is 21.7 Å². The zero-order chi connectivity index (χ0) is 13.9. The molecule has 0 N–H and O–H groups in total. The van der Waals surface area contributed by atoms with E-state index >= 15 is 0 Å². The van der Waals surface area contributed by atoms with E-state index in [1.54, 1.807) is 11.1 Å². The highest BCUT2D eigenvalue weighted by Gasteiger charge is 2.63. The zero-order valence-electron chi connectivity index (χ0n) is 13.3. The Balaban J connectivity index is 3.39. The Kier molecular flexibility index (Phi) is 2.99. The van der Waals surface area contributed by atoms with Crippen LogP contribution in [0.25, 0.3) is 0 Å². The maximum Gasteiger partial charge on any atom is 0.0363 e. The molecule has 0 aliphatic heterocycles. The molecule has 0 atom stereocenters. The van der Waals surface area contributed by atoms with E-state index in [0.29, 0.717) is 0 Å². The first-order chi connectivity index (χ1) is 7.30. The van der Waals surface area contributed by atoms with Gasteiger partial charge >= 0.3 is 0 Å². The van der Waals surface area contributed by atoms with Crippen molar-refractivity contribution in [2.75, 3.05) is 0 Å². The van der Waals surface area contributed by atoms with Crippen molar-refractivity contribution in [3.63, 3.8) is 0 Å². The Morgan fingerprint density at radius 2 is 1.06 bits per heavy atom. The number of rotatable bonds is 1. The van der Waals surface area contributed by atoms with Crippen molar-refractivity contribution in [1.29, 1.82) is 0 Å². The van der Waals surface area contributed by atoms with Gasteiger partial charge in [-0.2, -0.15) is 0 Å². The smallest absolute Gasteiger partial charge is 0.0363 e. The monoisotopic (exact) mass is 234 g/mol. The summed E-state index contributed by atoms with van der Waals surface area (Å²) < 4.78 is 0. The van der Waals surface area contributed by atoms with Gasteiger partial charge in [0.1, 0.15) is 0 Å². The normalized spacial score (nSPS) is 20.5. The Bertz CT molecular complexity index is 334. The van der Waals surface area contributed by atoms with Crippen LogP contribution in [0.3, 0.4) is 0 Å². The van der Waals surface area contributed by atoms with Crippen molar-refractivity contribution in [1.82, 2.24) is 0 Å². The highest BCUT2D eigenvalue weighted by Crippen LogP contribution is 2.73. The lowest BCUT2D eigenvalue weighted by Crippen LogP contribution is -2.29. The van der Waals surface area contributed by atoms with Gasteiger partial charge in [0.05, 0.1) is 0 Å². The Labute approximate surface area is 108 Å². The number of allylic oxidation sites excluding steroid dienone is 3. The number of hydrogen-bond acceptors (Lipinski definition) is 0. The standard InChI is InChI=1S/C17H30/c1-11-17(16(8,9)10)12(14(2,3)4)13(17)15(5,6)7/h11H,1H2,2-10H3. The topological polar surface area (TPSA) is 0 Å². The van der Waals surface area contributed by atoms with Gasteiger partial charge in [-0.05, 0) is 27.4 Å². The van der Waals surface area contributed by atoms with Crippen molar-refractivity contribution in [2.24, 2.45) is 21.7 Å². The molecule has 0 bridgehead atoms. The molecule has 98 valence electrons. The van der Waals surface area contributed by atoms with Gasteiger partial charge in [0.2, 0.25) is 0 Å². The summed E-state index contributed by atoms with van der Waals surface area (Å²) in [7, 11) is 0. The molecule has 0 fully saturated rings. The van der Waals surface area contributed by atoms with Crippen molar-refractivity contribution in [3.8, 4) is 0 Å². The summed E-state index contributed by atoms with van der Waals surface area (Å²) in [5.74, 6) is 0. The van der Waals surface area contributed by atoms with Crippen LogP contribution in [0.5, 0.6) is 0 Å². The highest BCUT2D eigenvalue weighted by molar-refractivity contribution is 5.60. The summed E-state index contributed by atoms with van der Waals surface area (Å²) in [6.45, 7) is 25.1. The fourth-order valence-corrected chi connectivity index (χ4v) is 3.49. The summed E-state index contributed by atoms with van der Waals surface area (Å²) >= 11 is 0. The summed E-state index contributed by atoms with van der Waals surface area (Å²) in [6.07, 6.45) is 2.19. The minimum atomic E-state index is 0.128. The van der Waals surface area contributed by atoms with Crippen LogP contribution in [0.15, 0.2) is 23.8 Å². The summed E-state index contributed by atoms with van der Waals surface area (Å²) in [5.41, 5.74) is 4.05. The van der Waals surface area contributed by atoms with E-state index in [1.807, 2.05) is 0 Å². The molecule has 0 heteroatoms. The lowest BCUT2D eigenvalue weighted by Gasteiger charge is -2.37. The Morgan fingerprint density at radius 3 is 1.12 bits per heavy atom. The molecule has 1 aliphatic rings. The molecule has 1 aliphatic carbocycles. The average molecular weight is 234 g/mol. The first-order valence-corrected chi connectivity index (χ1v) is 6.70.